The van der Waals surface area contributed by atoms with Crippen molar-refractivity contribution in [2.24, 2.45) is 5.92 Å². The number of likely N-dealkylation sites (tertiary alicyclic amines) is 1. The normalized spacial score (nSPS) is 17.2. The summed E-state index contributed by atoms with van der Waals surface area (Å²) in [5, 5.41) is 9.54. The smallest absolute Gasteiger partial charge is 0.262 e. The van der Waals surface area contributed by atoms with Crippen LogP contribution in [0.1, 0.15) is 19.8 Å². The van der Waals surface area contributed by atoms with Gasteiger partial charge in [-0.2, -0.15) is 16.1 Å². The maximum atomic E-state index is 13.3. The molecule has 1 aliphatic rings. The Labute approximate surface area is 216 Å². The van der Waals surface area contributed by atoms with Crippen LogP contribution in [0.25, 0.3) is 0 Å². The zero-order valence-electron chi connectivity index (χ0n) is 20.1. The lowest BCUT2D eigenvalue weighted by atomic mass is 10.00. The van der Waals surface area contributed by atoms with Crippen molar-refractivity contribution >= 4 is 39.3 Å². The summed E-state index contributed by atoms with van der Waals surface area (Å²) in [6.07, 6.45) is 2.15. The molecule has 2 atom stereocenters. The first-order valence-electron chi connectivity index (χ1n) is 11.4. The largest absolute Gasteiger partial charge is 0.457 e. The highest BCUT2D eigenvalue weighted by Crippen LogP contribution is 2.30. The second-order valence-electron chi connectivity index (χ2n) is 8.75. The van der Waals surface area contributed by atoms with E-state index in [2.05, 4.69) is 11.9 Å². The van der Waals surface area contributed by atoms with Crippen LogP contribution in [0, 0.1) is 5.92 Å². The molecule has 0 bridgehead atoms. The number of amides is 1. The van der Waals surface area contributed by atoms with Crippen LogP contribution < -0.4 is 10.2 Å². The van der Waals surface area contributed by atoms with Crippen LogP contribution in [0.3, 0.4) is 0 Å². The molecule has 11 heteroatoms. The topological polar surface area (TPSA) is 99.2 Å². The monoisotopic (exact) mass is 541 g/mol. The number of carbonyl (C=O) groups is 1. The van der Waals surface area contributed by atoms with Gasteiger partial charge in [0.1, 0.15) is 17.5 Å². The third kappa shape index (κ3) is 7.34. The van der Waals surface area contributed by atoms with E-state index in [1.807, 2.05) is 6.92 Å². The zero-order chi connectivity index (χ0) is 25.6. The lowest BCUT2D eigenvalue weighted by molar-refractivity contribution is -0.132. The molecule has 35 heavy (non-hydrogen) atoms. The van der Waals surface area contributed by atoms with E-state index in [1.54, 1.807) is 53.6 Å². The summed E-state index contributed by atoms with van der Waals surface area (Å²) in [4.78, 5) is 14.8. The van der Waals surface area contributed by atoms with Gasteiger partial charge in [0.15, 0.2) is 0 Å². The molecule has 8 nitrogen and oxygen atoms in total. The Bertz CT molecular complexity index is 1080. The number of piperidine rings is 1. The number of nitrogens with zero attached hydrogens (tertiary/aromatic N) is 2. The van der Waals surface area contributed by atoms with E-state index >= 15 is 0 Å². The molecule has 192 valence electrons. The average molecular weight is 542 g/mol. The van der Waals surface area contributed by atoms with Gasteiger partial charge in [-0.25, -0.2) is 13.9 Å². The Morgan fingerprint density at radius 3 is 2.26 bits per heavy atom. The highest BCUT2D eigenvalue weighted by molar-refractivity contribution is 8.00. The molecular formula is C24H32ClN3O5S2. The lowest BCUT2D eigenvalue weighted by Gasteiger charge is -2.32. The van der Waals surface area contributed by atoms with Crippen LogP contribution in [0.5, 0.6) is 11.5 Å². The second-order valence-corrected chi connectivity index (χ2v) is 12.6. The van der Waals surface area contributed by atoms with Crippen molar-refractivity contribution in [2.45, 2.75) is 36.0 Å². The number of halogens is 1. The molecule has 0 saturated carbocycles. The minimum atomic E-state index is -4.02. The van der Waals surface area contributed by atoms with Crippen molar-refractivity contribution in [2.75, 3.05) is 32.9 Å². The van der Waals surface area contributed by atoms with Crippen molar-refractivity contribution in [3.8, 4) is 11.5 Å². The third-order valence-electron chi connectivity index (χ3n) is 6.20. The number of thioether (sulfide) groups is 1. The van der Waals surface area contributed by atoms with Gasteiger partial charge in [0.05, 0.1) is 4.90 Å². The van der Waals surface area contributed by atoms with E-state index < -0.39 is 22.0 Å². The van der Waals surface area contributed by atoms with Crippen molar-refractivity contribution in [1.82, 2.24) is 14.7 Å². The summed E-state index contributed by atoms with van der Waals surface area (Å²) >= 11 is 7.44. The predicted octanol–water partition coefficient (Wildman–Crippen LogP) is 4.09. The first kappa shape index (κ1) is 27.8. The predicted molar refractivity (Wildman–Crippen MR) is 139 cm³/mol. The molecule has 0 aliphatic carbocycles. The van der Waals surface area contributed by atoms with E-state index in [0.29, 0.717) is 22.4 Å². The van der Waals surface area contributed by atoms with Crippen molar-refractivity contribution < 1.29 is 23.2 Å². The molecule has 0 aromatic heterocycles. The number of hydroxylamine groups is 1. The standard InChI is InChI=1S/C24H32ClN3O5S2/c1-17(34-16-18-12-14-27(2)15-13-18)23(24(29)26-30)28(3)35(31,32)22-10-8-21(9-11-22)33-20-6-4-19(25)5-7-20/h4-11,17-18,23,30H,12-16H2,1-3H3,(H,26,29). The Morgan fingerprint density at radius 1 is 1.17 bits per heavy atom. The Morgan fingerprint density at radius 2 is 1.71 bits per heavy atom. The SMILES string of the molecule is CC(SCC1CCN(C)CC1)C(C(=O)NO)N(C)S(=O)(=O)c1ccc(Oc2ccc(Cl)cc2)cc1. The number of nitrogens with one attached hydrogen (secondary N) is 1. The van der Waals surface area contributed by atoms with Gasteiger partial charge in [-0.1, -0.05) is 18.5 Å². The molecule has 0 spiro atoms. The number of hydrogen-bond acceptors (Lipinski definition) is 7. The number of likely N-dealkylation sites (N-methyl/N-ethyl adjacent to an activating group) is 1. The molecule has 2 aromatic rings. The maximum absolute atomic E-state index is 13.3. The quantitative estimate of drug-likeness (QED) is 0.345. The van der Waals surface area contributed by atoms with E-state index in [1.165, 1.54) is 19.2 Å². The van der Waals surface area contributed by atoms with Gasteiger partial charge in [0, 0.05) is 17.3 Å². The molecule has 2 unspecified atom stereocenters. The molecule has 1 heterocycles. The highest BCUT2D eigenvalue weighted by atomic mass is 35.5. The summed E-state index contributed by atoms with van der Waals surface area (Å²) < 4.78 is 33.4. The van der Waals surface area contributed by atoms with Crippen LogP contribution in [-0.2, 0) is 14.8 Å². The van der Waals surface area contributed by atoms with Crippen LogP contribution in [-0.4, -0.2) is 73.0 Å². The van der Waals surface area contributed by atoms with E-state index in [4.69, 9.17) is 16.3 Å². The Balaban J connectivity index is 1.70. The molecule has 3 rings (SSSR count). The van der Waals surface area contributed by atoms with Crippen molar-refractivity contribution in [3.63, 3.8) is 0 Å². The third-order valence-corrected chi connectivity index (χ3v) is 9.75. The molecule has 1 fully saturated rings. The number of rotatable bonds is 10. The first-order chi connectivity index (χ1) is 16.6. The summed E-state index contributed by atoms with van der Waals surface area (Å²) in [6, 6.07) is 11.7. The maximum Gasteiger partial charge on any atom is 0.262 e. The van der Waals surface area contributed by atoms with E-state index in [0.717, 1.165) is 36.0 Å². The van der Waals surface area contributed by atoms with E-state index in [9.17, 15) is 18.4 Å². The fraction of sp³-hybridized carbons (Fsp3) is 0.458. The van der Waals surface area contributed by atoms with Gasteiger partial charge >= 0.3 is 0 Å². The Hall–Kier alpha value is -1.82. The lowest BCUT2D eigenvalue weighted by Crippen LogP contribution is -2.51. The van der Waals surface area contributed by atoms with Gasteiger partial charge in [-0.15, -0.1) is 0 Å². The fourth-order valence-corrected chi connectivity index (χ4v) is 6.97. The zero-order valence-corrected chi connectivity index (χ0v) is 22.4. The van der Waals surface area contributed by atoms with Crippen LogP contribution in [0.2, 0.25) is 5.02 Å². The van der Waals surface area contributed by atoms with E-state index in [-0.39, 0.29) is 10.1 Å². The fourth-order valence-electron chi connectivity index (χ4n) is 3.98. The highest BCUT2D eigenvalue weighted by Gasteiger charge is 2.37. The minimum absolute atomic E-state index is 0.0201. The summed E-state index contributed by atoms with van der Waals surface area (Å²) in [5.41, 5.74) is 1.64. The summed E-state index contributed by atoms with van der Waals surface area (Å²) in [7, 11) is -0.554. The second kappa shape index (κ2) is 12.4. The number of sulfonamides is 1. The molecule has 2 N–H and O–H groups in total. The average Bonchev–Trinajstić information content (AvgIpc) is 2.85. The molecule has 1 amide bonds. The molecule has 1 aliphatic heterocycles. The van der Waals surface area contributed by atoms with Gasteiger partial charge in [0.2, 0.25) is 10.0 Å². The number of benzene rings is 2. The van der Waals surface area contributed by atoms with Gasteiger partial charge in [-0.05, 0) is 93.2 Å². The number of hydrogen-bond donors (Lipinski definition) is 2. The van der Waals surface area contributed by atoms with Crippen LogP contribution in [0.15, 0.2) is 53.4 Å². The number of ether oxygens (including phenoxy) is 1. The van der Waals surface area contributed by atoms with Gasteiger partial charge in [-0.3, -0.25) is 10.0 Å². The van der Waals surface area contributed by atoms with Crippen LogP contribution >= 0.6 is 23.4 Å². The molecular weight excluding hydrogens is 510 g/mol. The molecule has 1 saturated heterocycles. The molecule has 0 radical (unpaired) electrons. The first-order valence-corrected chi connectivity index (χ1v) is 14.2. The van der Waals surface area contributed by atoms with Crippen LogP contribution in [0.4, 0.5) is 0 Å². The number of carbonyl (C=O) groups excluding carboxylic acids is 1. The van der Waals surface area contributed by atoms with Crippen molar-refractivity contribution in [3.05, 3.63) is 53.6 Å². The molecule has 2 aromatic carbocycles. The van der Waals surface area contributed by atoms with Gasteiger partial charge < -0.3 is 9.64 Å². The Kier molecular flexibility index (Phi) is 9.86. The van der Waals surface area contributed by atoms with Gasteiger partial charge in [0.25, 0.3) is 5.91 Å². The summed E-state index contributed by atoms with van der Waals surface area (Å²) in [5.74, 6) is 1.61. The van der Waals surface area contributed by atoms with Crippen molar-refractivity contribution in [1.29, 1.82) is 0 Å². The minimum Gasteiger partial charge on any atom is -0.457 e. The summed E-state index contributed by atoms with van der Waals surface area (Å²) in [6.45, 7) is 3.88.